The Hall–Kier alpha value is -1.81. The lowest BCUT2D eigenvalue weighted by molar-refractivity contribution is -0.131. The van der Waals surface area contributed by atoms with Crippen LogP contribution in [0.3, 0.4) is 0 Å². The molecule has 2 aromatic rings. The Morgan fingerprint density at radius 2 is 2.23 bits per heavy atom. The van der Waals surface area contributed by atoms with E-state index in [4.69, 9.17) is 8.83 Å². The third-order valence-corrected chi connectivity index (χ3v) is 7.07. The molecule has 3 heterocycles. The number of hydrogen-bond acceptors (Lipinski definition) is 8. The number of amides is 1. The van der Waals surface area contributed by atoms with E-state index < -0.39 is 15.1 Å². The van der Waals surface area contributed by atoms with Gasteiger partial charge in [-0.15, -0.1) is 10.2 Å². The number of rotatable bonds is 6. The first-order valence-electron chi connectivity index (χ1n) is 8.36. The first-order valence-corrected chi connectivity index (χ1v) is 11.1. The SMILES string of the molecule is CCN(C(=O)[C@@H](C)Sc1nnc(-c2ccoc2C)o1)[C@@H]1CCS(=O)(=O)C1. The minimum atomic E-state index is -3.04. The fourth-order valence-electron chi connectivity index (χ4n) is 3.02. The zero-order chi connectivity index (χ0) is 18.9. The number of thioether (sulfide) groups is 1. The van der Waals surface area contributed by atoms with Crippen LogP contribution in [0, 0.1) is 6.92 Å². The quantitative estimate of drug-likeness (QED) is 0.680. The van der Waals surface area contributed by atoms with Crippen LogP contribution in [0.2, 0.25) is 0 Å². The van der Waals surface area contributed by atoms with E-state index in [1.54, 1.807) is 31.1 Å². The molecule has 0 bridgehead atoms. The topological polar surface area (TPSA) is 107 Å². The maximum Gasteiger partial charge on any atom is 0.277 e. The highest BCUT2D eigenvalue weighted by atomic mass is 32.2. The van der Waals surface area contributed by atoms with Gasteiger partial charge in [-0.25, -0.2) is 8.42 Å². The van der Waals surface area contributed by atoms with Crippen molar-refractivity contribution in [2.75, 3.05) is 18.1 Å². The molecule has 10 heteroatoms. The second-order valence-electron chi connectivity index (χ2n) is 6.20. The fourth-order valence-corrected chi connectivity index (χ4v) is 5.51. The lowest BCUT2D eigenvalue weighted by Gasteiger charge is -2.28. The van der Waals surface area contributed by atoms with Crippen LogP contribution in [-0.2, 0) is 14.6 Å². The smallest absolute Gasteiger partial charge is 0.277 e. The third kappa shape index (κ3) is 3.96. The molecule has 26 heavy (non-hydrogen) atoms. The minimum absolute atomic E-state index is 0.0361. The Morgan fingerprint density at radius 3 is 2.81 bits per heavy atom. The normalized spacial score (nSPS) is 20.2. The van der Waals surface area contributed by atoms with Gasteiger partial charge < -0.3 is 13.7 Å². The van der Waals surface area contributed by atoms with Crippen molar-refractivity contribution < 1.29 is 22.0 Å². The summed E-state index contributed by atoms with van der Waals surface area (Å²) in [4.78, 5) is 14.4. The van der Waals surface area contributed by atoms with Gasteiger partial charge in [0.1, 0.15) is 5.76 Å². The summed E-state index contributed by atoms with van der Waals surface area (Å²) in [7, 11) is -3.04. The summed E-state index contributed by atoms with van der Waals surface area (Å²) in [5.74, 6) is 1.06. The van der Waals surface area contributed by atoms with Crippen LogP contribution in [0.15, 0.2) is 26.4 Å². The van der Waals surface area contributed by atoms with E-state index >= 15 is 0 Å². The van der Waals surface area contributed by atoms with Crippen molar-refractivity contribution in [2.24, 2.45) is 0 Å². The summed E-state index contributed by atoms with van der Waals surface area (Å²) in [6, 6.07) is 1.48. The Bertz CT molecular complexity index is 889. The molecule has 1 saturated heterocycles. The maximum atomic E-state index is 12.8. The van der Waals surface area contributed by atoms with E-state index in [0.29, 0.717) is 24.6 Å². The van der Waals surface area contributed by atoms with Gasteiger partial charge in [0.05, 0.1) is 28.6 Å². The summed E-state index contributed by atoms with van der Waals surface area (Å²) in [6.07, 6.45) is 2.03. The molecule has 0 N–H and O–H groups in total. The van der Waals surface area contributed by atoms with Crippen molar-refractivity contribution in [3.8, 4) is 11.5 Å². The van der Waals surface area contributed by atoms with E-state index in [1.807, 2.05) is 6.92 Å². The van der Waals surface area contributed by atoms with Crippen molar-refractivity contribution in [3.63, 3.8) is 0 Å². The van der Waals surface area contributed by atoms with E-state index in [1.165, 1.54) is 11.8 Å². The van der Waals surface area contributed by atoms with Gasteiger partial charge in [-0.1, -0.05) is 11.8 Å². The van der Waals surface area contributed by atoms with Crippen LogP contribution in [0.1, 0.15) is 26.0 Å². The van der Waals surface area contributed by atoms with Gasteiger partial charge in [0.2, 0.25) is 5.91 Å². The molecule has 142 valence electrons. The van der Waals surface area contributed by atoms with E-state index in [0.717, 1.165) is 5.56 Å². The summed E-state index contributed by atoms with van der Waals surface area (Å²) in [6.45, 7) is 5.87. The van der Waals surface area contributed by atoms with Gasteiger partial charge in [0, 0.05) is 12.6 Å². The Labute approximate surface area is 156 Å². The summed E-state index contributed by atoms with van der Waals surface area (Å²) >= 11 is 1.17. The van der Waals surface area contributed by atoms with Crippen molar-refractivity contribution >= 4 is 27.5 Å². The molecule has 2 aromatic heterocycles. The summed E-state index contributed by atoms with van der Waals surface area (Å²) in [5, 5.41) is 7.80. The van der Waals surface area contributed by atoms with Gasteiger partial charge >= 0.3 is 0 Å². The molecule has 1 amide bonds. The molecule has 0 aliphatic carbocycles. The molecule has 0 saturated carbocycles. The Balaban J connectivity index is 1.67. The highest BCUT2D eigenvalue weighted by Crippen LogP contribution is 2.29. The minimum Gasteiger partial charge on any atom is -0.469 e. The second-order valence-corrected chi connectivity index (χ2v) is 9.73. The van der Waals surface area contributed by atoms with E-state index in [2.05, 4.69) is 10.2 Å². The molecule has 0 radical (unpaired) electrons. The zero-order valence-electron chi connectivity index (χ0n) is 14.8. The molecular formula is C16H21N3O5S2. The van der Waals surface area contributed by atoms with Crippen LogP contribution in [0.4, 0.5) is 0 Å². The molecule has 3 rings (SSSR count). The van der Waals surface area contributed by atoms with Gasteiger partial charge in [0.15, 0.2) is 9.84 Å². The molecule has 1 fully saturated rings. The molecular weight excluding hydrogens is 378 g/mol. The third-order valence-electron chi connectivity index (χ3n) is 4.39. The Kier molecular flexibility index (Phi) is 5.42. The average Bonchev–Trinajstić information content (AvgIpc) is 3.28. The van der Waals surface area contributed by atoms with Gasteiger partial charge in [-0.3, -0.25) is 4.79 Å². The average molecular weight is 399 g/mol. The molecule has 8 nitrogen and oxygen atoms in total. The second kappa shape index (κ2) is 7.43. The highest BCUT2D eigenvalue weighted by molar-refractivity contribution is 8.00. The number of hydrogen-bond donors (Lipinski definition) is 0. The number of aromatic nitrogens is 2. The van der Waals surface area contributed by atoms with Crippen LogP contribution in [0.25, 0.3) is 11.5 Å². The molecule has 1 aliphatic heterocycles. The highest BCUT2D eigenvalue weighted by Gasteiger charge is 2.35. The van der Waals surface area contributed by atoms with Gasteiger partial charge in [0.25, 0.3) is 11.1 Å². The predicted molar refractivity (Wildman–Crippen MR) is 96.5 cm³/mol. The van der Waals surface area contributed by atoms with E-state index in [9.17, 15) is 13.2 Å². The summed E-state index contributed by atoms with van der Waals surface area (Å²) < 4.78 is 34.2. The van der Waals surface area contributed by atoms with Gasteiger partial charge in [-0.2, -0.15) is 0 Å². The molecule has 2 atom stereocenters. The first kappa shape index (κ1) is 19.0. The van der Waals surface area contributed by atoms with Crippen LogP contribution >= 0.6 is 11.8 Å². The maximum absolute atomic E-state index is 12.8. The largest absolute Gasteiger partial charge is 0.469 e. The van der Waals surface area contributed by atoms with Gasteiger partial charge in [-0.05, 0) is 33.3 Å². The standard InChI is InChI=1S/C16H21N3O5S2/c1-4-19(12-6-8-26(21,22)9-12)15(20)11(3)25-16-18-17-14(24-16)13-5-7-23-10(13)2/h5,7,11-12H,4,6,8-9H2,1-3H3/t11-,12-/m1/s1. The number of furan rings is 1. The predicted octanol–water partition coefficient (Wildman–Crippen LogP) is 2.15. The number of nitrogens with zero attached hydrogens (tertiary/aromatic N) is 3. The molecule has 1 aliphatic rings. The Morgan fingerprint density at radius 1 is 1.46 bits per heavy atom. The fraction of sp³-hybridized carbons (Fsp3) is 0.562. The lowest BCUT2D eigenvalue weighted by Crippen LogP contribution is -2.44. The number of carbonyl (C=O) groups excluding carboxylic acids is 1. The van der Waals surface area contributed by atoms with Crippen molar-refractivity contribution in [2.45, 2.75) is 43.7 Å². The number of carbonyl (C=O) groups is 1. The monoisotopic (exact) mass is 399 g/mol. The van der Waals surface area contributed by atoms with Crippen LogP contribution < -0.4 is 0 Å². The number of aryl methyl sites for hydroxylation is 1. The molecule has 0 aromatic carbocycles. The first-order chi connectivity index (χ1) is 12.3. The van der Waals surface area contributed by atoms with Crippen molar-refractivity contribution in [3.05, 3.63) is 18.1 Å². The van der Waals surface area contributed by atoms with Crippen LogP contribution in [-0.4, -0.2) is 58.8 Å². The van der Waals surface area contributed by atoms with Crippen molar-refractivity contribution in [1.29, 1.82) is 0 Å². The van der Waals surface area contributed by atoms with Crippen LogP contribution in [0.5, 0.6) is 0 Å². The van der Waals surface area contributed by atoms with E-state index in [-0.39, 0.29) is 28.7 Å². The lowest BCUT2D eigenvalue weighted by atomic mass is 10.2. The molecule has 0 unspecified atom stereocenters. The van der Waals surface area contributed by atoms with Crippen molar-refractivity contribution in [1.82, 2.24) is 15.1 Å². The molecule has 0 spiro atoms. The summed E-state index contributed by atoms with van der Waals surface area (Å²) in [5.41, 5.74) is 0.717. The zero-order valence-corrected chi connectivity index (χ0v) is 16.5. The number of sulfone groups is 1.